The molecule has 0 aromatic rings. The van der Waals surface area contributed by atoms with Crippen molar-refractivity contribution in [3.63, 3.8) is 0 Å². The van der Waals surface area contributed by atoms with Gasteiger partial charge in [-0.15, -0.1) is 0 Å². The lowest BCUT2D eigenvalue weighted by Gasteiger charge is -2.29. The van der Waals surface area contributed by atoms with Crippen LogP contribution in [-0.4, -0.2) is 24.8 Å². The number of nitrogens with zero attached hydrogens (tertiary/aromatic N) is 2. The van der Waals surface area contributed by atoms with Crippen molar-refractivity contribution in [1.29, 1.82) is 5.26 Å². The molecule has 1 saturated heterocycles. The standard InChI is InChI=1S/C7H12N2O/c1-10-7-4-2-3-5-9(7)6-8/h7H,2-5H2,1H3. The number of nitriles is 1. The average Bonchev–Trinajstić information content (AvgIpc) is 2.04. The largest absolute Gasteiger partial charge is 0.361 e. The van der Waals surface area contributed by atoms with Crippen LogP contribution in [0.5, 0.6) is 0 Å². The van der Waals surface area contributed by atoms with Gasteiger partial charge in [0.05, 0.1) is 0 Å². The summed E-state index contributed by atoms with van der Waals surface area (Å²) >= 11 is 0. The van der Waals surface area contributed by atoms with E-state index in [1.54, 1.807) is 12.0 Å². The third kappa shape index (κ3) is 1.39. The summed E-state index contributed by atoms with van der Waals surface area (Å²) in [6.07, 6.45) is 5.44. The molecule has 1 aliphatic rings. The van der Waals surface area contributed by atoms with Crippen LogP contribution < -0.4 is 0 Å². The zero-order valence-electron chi connectivity index (χ0n) is 6.21. The smallest absolute Gasteiger partial charge is 0.181 e. The molecule has 1 unspecified atom stereocenters. The fraction of sp³-hybridized carbons (Fsp3) is 0.857. The lowest BCUT2D eigenvalue weighted by Crippen LogP contribution is -2.36. The molecule has 1 heterocycles. The number of methoxy groups -OCH3 is 1. The normalized spacial score (nSPS) is 26.0. The van der Waals surface area contributed by atoms with Crippen molar-refractivity contribution in [2.75, 3.05) is 13.7 Å². The highest BCUT2D eigenvalue weighted by Crippen LogP contribution is 2.15. The minimum Gasteiger partial charge on any atom is -0.361 e. The van der Waals surface area contributed by atoms with Crippen LogP contribution in [0.4, 0.5) is 0 Å². The molecule has 0 radical (unpaired) electrons. The Balaban J connectivity index is 2.44. The van der Waals surface area contributed by atoms with Gasteiger partial charge in [0.2, 0.25) is 0 Å². The van der Waals surface area contributed by atoms with E-state index in [-0.39, 0.29) is 6.23 Å². The predicted molar refractivity (Wildman–Crippen MR) is 37.0 cm³/mol. The van der Waals surface area contributed by atoms with Gasteiger partial charge in [0, 0.05) is 13.7 Å². The lowest BCUT2D eigenvalue weighted by atomic mass is 10.1. The zero-order valence-corrected chi connectivity index (χ0v) is 6.21. The first kappa shape index (κ1) is 7.36. The van der Waals surface area contributed by atoms with Crippen LogP contribution >= 0.6 is 0 Å². The van der Waals surface area contributed by atoms with Crippen molar-refractivity contribution >= 4 is 0 Å². The quantitative estimate of drug-likeness (QED) is 0.508. The van der Waals surface area contributed by atoms with E-state index < -0.39 is 0 Å². The lowest BCUT2D eigenvalue weighted by molar-refractivity contribution is -0.0236. The molecule has 1 fully saturated rings. The second-order valence-corrected chi connectivity index (χ2v) is 2.48. The number of piperidine rings is 1. The topological polar surface area (TPSA) is 36.3 Å². The first-order valence-corrected chi connectivity index (χ1v) is 3.57. The Morgan fingerprint density at radius 1 is 1.60 bits per heavy atom. The first-order valence-electron chi connectivity index (χ1n) is 3.57. The Morgan fingerprint density at radius 3 is 2.90 bits per heavy atom. The molecule has 1 atom stereocenters. The molecule has 1 aliphatic heterocycles. The number of rotatable bonds is 1. The molecule has 10 heavy (non-hydrogen) atoms. The summed E-state index contributed by atoms with van der Waals surface area (Å²) in [5.74, 6) is 0. The van der Waals surface area contributed by atoms with Crippen LogP contribution in [0, 0.1) is 11.5 Å². The minimum atomic E-state index is 0.0405. The predicted octanol–water partition coefficient (Wildman–Crippen LogP) is 0.926. The Bertz CT molecular complexity index is 141. The van der Waals surface area contributed by atoms with Gasteiger partial charge >= 0.3 is 0 Å². The van der Waals surface area contributed by atoms with Crippen LogP contribution in [-0.2, 0) is 4.74 Å². The number of hydrogen-bond acceptors (Lipinski definition) is 3. The van der Waals surface area contributed by atoms with Gasteiger partial charge in [0.15, 0.2) is 6.19 Å². The highest BCUT2D eigenvalue weighted by Gasteiger charge is 2.19. The van der Waals surface area contributed by atoms with Crippen molar-refractivity contribution in [3.05, 3.63) is 0 Å². The van der Waals surface area contributed by atoms with Gasteiger partial charge in [0.1, 0.15) is 6.23 Å². The number of hydrogen-bond donors (Lipinski definition) is 0. The summed E-state index contributed by atoms with van der Waals surface area (Å²) in [7, 11) is 1.65. The Labute approximate surface area is 61.2 Å². The molecule has 3 heteroatoms. The molecule has 0 amide bonds. The first-order chi connectivity index (χ1) is 4.88. The van der Waals surface area contributed by atoms with Gasteiger partial charge in [-0.05, 0) is 19.3 Å². The fourth-order valence-electron chi connectivity index (χ4n) is 1.26. The van der Waals surface area contributed by atoms with Gasteiger partial charge < -0.3 is 4.74 Å². The van der Waals surface area contributed by atoms with Crippen LogP contribution in [0.2, 0.25) is 0 Å². The molecule has 1 rings (SSSR count). The molecule has 0 aromatic carbocycles. The van der Waals surface area contributed by atoms with Crippen LogP contribution in [0.3, 0.4) is 0 Å². The van der Waals surface area contributed by atoms with Crippen molar-refractivity contribution < 1.29 is 4.74 Å². The van der Waals surface area contributed by atoms with Crippen LogP contribution in [0.1, 0.15) is 19.3 Å². The van der Waals surface area contributed by atoms with E-state index in [0.29, 0.717) is 0 Å². The van der Waals surface area contributed by atoms with E-state index in [2.05, 4.69) is 6.19 Å². The van der Waals surface area contributed by atoms with Gasteiger partial charge in [-0.2, -0.15) is 5.26 Å². The van der Waals surface area contributed by atoms with Gasteiger partial charge in [-0.1, -0.05) is 0 Å². The van der Waals surface area contributed by atoms with Crippen molar-refractivity contribution in [3.8, 4) is 6.19 Å². The molecule has 0 bridgehead atoms. The molecular weight excluding hydrogens is 128 g/mol. The SMILES string of the molecule is COC1CCCCN1C#N. The Hall–Kier alpha value is -0.750. The summed E-state index contributed by atoms with van der Waals surface area (Å²) in [6, 6.07) is 0. The highest BCUT2D eigenvalue weighted by atomic mass is 16.5. The number of likely N-dealkylation sites (tertiary alicyclic amines) is 1. The minimum absolute atomic E-state index is 0.0405. The Kier molecular flexibility index (Phi) is 2.52. The van der Waals surface area contributed by atoms with E-state index in [0.717, 1.165) is 19.4 Å². The van der Waals surface area contributed by atoms with E-state index >= 15 is 0 Å². The second-order valence-electron chi connectivity index (χ2n) is 2.48. The van der Waals surface area contributed by atoms with Gasteiger partial charge in [-0.25, -0.2) is 0 Å². The van der Waals surface area contributed by atoms with Crippen molar-refractivity contribution in [2.45, 2.75) is 25.5 Å². The summed E-state index contributed by atoms with van der Waals surface area (Å²) in [5.41, 5.74) is 0. The molecule has 0 aliphatic carbocycles. The second kappa shape index (κ2) is 3.43. The third-order valence-corrected chi connectivity index (χ3v) is 1.85. The molecular formula is C7H12N2O. The maximum Gasteiger partial charge on any atom is 0.181 e. The van der Waals surface area contributed by atoms with Crippen LogP contribution in [0.25, 0.3) is 0 Å². The van der Waals surface area contributed by atoms with Gasteiger partial charge in [0.25, 0.3) is 0 Å². The van der Waals surface area contributed by atoms with Crippen LogP contribution in [0.15, 0.2) is 0 Å². The number of ether oxygens (including phenoxy) is 1. The molecule has 0 N–H and O–H groups in total. The van der Waals surface area contributed by atoms with E-state index in [1.165, 1.54) is 6.42 Å². The van der Waals surface area contributed by atoms with Crippen molar-refractivity contribution in [2.24, 2.45) is 0 Å². The third-order valence-electron chi connectivity index (χ3n) is 1.85. The maximum atomic E-state index is 8.59. The molecule has 0 saturated carbocycles. The zero-order chi connectivity index (χ0) is 7.40. The summed E-state index contributed by atoms with van der Waals surface area (Å²) in [5, 5.41) is 8.59. The monoisotopic (exact) mass is 140 g/mol. The summed E-state index contributed by atoms with van der Waals surface area (Å²) in [6.45, 7) is 0.856. The summed E-state index contributed by atoms with van der Waals surface area (Å²) in [4.78, 5) is 1.70. The Morgan fingerprint density at radius 2 is 2.40 bits per heavy atom. The maximum absolute atomic E-state index is 8.59. The fourth-order valence-corrected chi connectivity index (χ4v) is 1.26. The molecule has 0 aromatic heterocycles. The summed E-state index contributed by atoms with van der Waals surface area (Å²) < 4.78 is 5.10. The highest BCUT2D eigenvalue weighted by molar-refractivity contribution is 4.80. The molecule has 0 spiro atoms. The van der Waals surface area contributed by atoms with Crippen molar-refractivity contribution in [1.82, 2.24) is 4.90 Å². The molecule has 56 valence electrons. The van der Waals surface area contributed by atoms with E-state index in [4.69, 9.17) is 10.00 Å². The average molecular weight is 140 g/mol. The van der Waals surface area contributed by atoms with Gasteiger partial charge in [-0.3, -0.25) is 4.90 Å². The molecule has 3 nitrogen and oxygen atoms in total. The van der Waals surface area contributed by atoms with E-state index in [9.17, 15) is 0 Å². The van der Waals surface area contributed by atoms with E-state index in [1.807, 2.05) is 0 Å².